The van der Waals surface area contributed by atoms with Crippen molar-refractivity contribution in [3.63, 3.8) is 0 Å². The summed E-state index contributed by atoms with van der Waals surface area (Å²) in [5, 5.41) is 6.01. The number of ether oxygens (including phenoxy) is 1. The molecule has 2 atom stereocenters. The van der Waals surface area contributed by atoms with E-state index >= 15 is 0 Å². The fraction of sp³-hybridized carbons (Fsp3) is 0.600. The van der Waals surface area contributed by atoms with E-state index in [1.807, 2.05) is 19.1 Å². The van der Waals surface area contributed by atoms with Crippen LogP contribution in [0.1, 0.15) is 62.7 Å². The maximum Gasteiger partial charge on any atom is 0.255 e. The lowest BCUT2D eigenvalue weighted by atomic mass is 9.86. The van der Waals surface area contributed by atoms with Gasteiger partial charge in [-0.15, -0.1) is 0 Å². The number of carbonyl (C=O) groups excluding carboxylic acids is 2. The average molecular weight is 346 g/mol. The fourth-order valence-corrected chi connectivity index (χ4v) is 3.29. The molecule has 0 spiro atoms. The molecule has 0 bridgehead atoms. The third-order valence-corrected chi connectivity index (χ3v) is 4.76. The highest BCUT2D eigenvalue weighted by atomic mass is 16.5. The molecule has 2 rings (SSSR count). The van der Waals surface area contributed by atoms with Gasteiger partial charge >= 0.3 is 0 Å². The molecule has 1 aromatic carbocycles. The molecule has 0 aromatic heterocycles. The van der Waals surface area contributed by atoms with Crippen molar-refractivity contribution in [1.29, 1.82) is 0 Å². The number of amides is 2. The summed E-state index contributed by atoms with van der Waals surface area (Å²) in [7, 11) is 0. The van der Waals surface area contributed by atoms with Gasteiger partial charge in [0.2, 0.25) is 5.91 Å². The summed E-state index contributed by atoms with van der Waals surface area (Å²) in [4.78, 5) is 24.3. The van der Waals surface area contributed by atoms with Crippen LogP contribution in [0.5, 0.6) is 5.75 Å². The summed E-state index contributed by atoms with van der Waals surface area (Å²) in [5.74, 6) is 1.08. The largest absolute Gasteiger partial charge is 0.493 e. The molecule has 0 radical (unpaired) electrons. The van der Waals surface area contributed by atoms with Crippen molar-refractivity contribution >= 4 is 11.8 Å². The van der Waals surface area contributed by atoms with Crippen LogP contribution in [0.25, 0.3) is 0 Å². The third kappa shape index (κ3) is 6.07. The van der Waals surface area contributed by atoms with Gasteiger partial charge in [-0.3, -0.25) is 9.59 Å². The Bertz CT molecular complexity index is 574. The summed E-state index contributed by atoms with van der Waals surface area (Å²) in [6, 6.07) is 7.51. The van der Waals surface area contributed by atoms with Gasteiger partial charge in [0.05, 0.1) is 12.2 Å². The van der Waals surface area contributed by atoms with Crippen LogP contribution in [0.3, 0.4) is 0 Å². The molecular formula is C20H30N2O3. The molecule has 1 aliphatic carbocycles. The van der Waals surface area contributed by atoms with Gasteiger partial charge in [-0.2, -0.15) is 0 Å². The van der Waals surface area contributed by atoms with Gasteiger partial charge in [0.1, 0.15) is 5.75 Å². The molecule has 0 heterocycles. The molecule has 138 valence electrons. The Hall–Kier alpha value is -2.04. The van der Waals surface area contributed by atoms with E-state index in [1.165, 1.54) is 19.3 Å². The van der Waals surface area contributed by atoms with Crippen LogP contribution in [0.15, 0.2) is 24.3 Å². The first-order valence-corrected chi connectivity index (χ1v) is 9.41. The van der Waals surface area contributed by atoms with Crippen LogP contribution < -0.4 is 15.4 Å². The lowest BCUT2D eigenvalue weighted by molar-refractivity contribution is -0.122. The zero-order chi connectivity index (χ0) is 18.1. The maximum atomic E-state index is 12.3. The molecule has 2 N–H and O–H groups in total. The smallest absolute Gasteiger partial charge is 0.255 e. The summed E-state index contributed by atoms with van der Waals surface area (Å²) in [6.45, 7) is 5.09. The second-order valence-corrected chi connectivity index (χ2v) is 6.72. The van der Waals surface area contributed by atoms with Crippen LogP contribution in [0.2, 0.25) is 0 Å². The number of rotatable bonds is 8. The fourth-order valence-electron chi connectivity index (χ4n) is 3.29. The van der Waals surface area contributed by atoms with Crippen LogP contribution in [0.4, 0.5) is 0 Å². The number of hydrogen-bond acceptors (Lipinski definition) is 3. The molecule has 5 nitrogen and oxygen atoms in total. The monoisotopic (exact) mass is 346 g/mol. The van der Waals surface area contributed by atoms with Crippen molar-refractivity contribution in [2.24, 2.45) is 5.92 Å². The standard InChI is InChI=1S/C20H30N2O3/c1-3-25-18-12-7-5-10-16(18)20(24)21-14-8-13-19(23)22-17-11-6-4-9-15(17)2/h5,7,10,12,15,17H,3-4,6,8-9,11,13-14H2,1-2H3,(H,21,24)(H,22,23). The highest BCUT2D eigenvalue weighted by Gasteiger charge is 2.22. The van der Waals surface area contributed by atoms with Crippen LogP contribution >= 0.6 is 0 Å². The van der Waals surface area contributed by atoms with Crippen molar-refractivity contribution in [1.82, 2.24) is 10.6 Å². The van der Waals surface area contributed by atoms with Crippen molar-refractivity contribution in [3.8, 4) is 5.75 Å². The molecule has 0 aliphatic heterocycles. The van der Waals surface area contributed by atoms with Gasteiger partial charge in [0.15, 0.2) is 0 Å². The first kappa shape index (κ1) is 19.3. The molecule has 2 unspecified atom stereocenters. The molecule has 25 heavy (non-hydrogen) atoms. The second-order valence-electron chi connectivity index (χ2n) is 6.72. The zero-order valence-corrected chi connectivity index (χ0v) is 15.3. The first-order chi connectivity index (χ1) is 12.1. The quantitative estimate of drug-likeness (QED) is 0.710. The summed E-state index contributed by atoms with van der Waals surface area (Å²) in [5.41, 5.74) is 0.532. The van der Waals surface area contributed by atoms with Crippen molar-refractivity contribution in [3.05, 3.63) is 29.8 Å². The summed E-state index contributed by atoms with van der Waals surface area (Å²) in [6.07, 6.45) is 5.82. The van der Waals surface area contributed by atoms with E-state index in [4.69, 9.17) is 4.74 Å². The van der Waals surface area contributed by atoms with E-state index in [1.54, 1.807) is 12.1 Å². The molecule has 5 heteroatoms. The molecule has 0 saturated heterocycles. The molecule has 1 aliphatic rings. The minimum atomic E-state index is -0.162. The zero-order valence-electron chi connectivity index (χ0n) is 15.3. The molecule has 2 amide bonds. The molecule has 1 saturated carbocycles. The predicted octanol–water partition coefficient (Wildman–Crippen LogP) is 3.29. The van der Waals surface area contributed by atoms with Crippen LogP contribution in [-0.4, -0.2) is 31.0 Å². The number of nitrogens with one attached hydrogen (secondary N) is 2. The van der Waals surface area contributed by atoms with Crippen LogP contribution in [-0.2, 0) is 4.79 Å². The SMILES string of the molecule is CCOc1ccccc1C(=O)NCCCC(=O)NC1CCCCC1C. The minimum Gasteiger partial charge on any atom is -0.493 e. The summed E-state index contributed by atoms with van der Waals surface area (Å²) < 4.78 is 5.47. The Morgan fingerprint density at radius 1 is 1.20 bits per heavy atom. The van der Waals surface area contributed by atoms with E-state index in [0.29, 0.717) is 49.3 Å². The Morgan fingerprint density at radius 3 is 2.72 bits per heavy atom. The van der Waals surface area contributed by atoms with Crippen molar-refractivity contribution in [2.75, 3.05) is 13.2 Å². The average Bonchev–Trinajstić information content (AvgIpc) is 2.61. The number of hydrogen-bond donors (Lipinski definition) is 2. The second kappa shape index (κ2) is 10.1. The van der Waals surface area contributed by atoms with Gasteiger partial charge in [-0.25, -0.2) is 0 Å². The van der Waals surface area contributed by atoms with Crippen LogP contribution in [0, 0.1) is 5.92 Å². The Kier molecular flexibility index (Phi) is 7.76. The topological polar surface area (TPSA) is 67.4 Å². The van der Waals surface area contributed by atoms with Gasteiger partial charge < -0.3 is 15.4 Å². The van der Waals surface area contributed by atoms with E-state index < -0.39 is 0 Å². The first-order valence-electron chi connectivity index (χ1n) is 9.41. The number of carbonyl (C=O) groups is 2. The normalized spacial score (nSPS) is 19.9. The van der Waals surface area contributed by atoms with Crippen molar-refractivity contribution in [2.45, 2.75) is 58.4 Å². The molecule has 1 aromatic rings. The summed E-state index contributed by atoms with van der Waals surface area (Å²) >= 11 is 0. The number of benzene rings is 1. The van der Waals surface area contributed by atoms with E-state index in [2.05, 4.69) is 17.6 Å². The Morgan fingerprint density at radius 2 is 1.96 bits per heavy atom. The van der Waals surface area contributed by atoms with E-state index in [9.17, 15) is 9.59 Å². The Labute approximate surface area is 150 Å². The van der Waals surface area contributed by atoms with E-state index in [0.717, 1.165) is 6.42 Å². The van der Waals surface area contributed by atoms with Gasteiger partial charge in [0.25, 0.3) is 5.91 Å². The predicted molar refractivity (Wildman–Crippen MR) is 98.7 cm³/mol. The van der Waals surface area contributed by atoms with Gasteiger partial charge in [0, 0.05) is 19.0 Å². The molecular weight excluding hydrogens is 316 g/mol. The minimum absolute atomic E-state index is 0.0858. The Balaban J connectivity index is 1.70. The highest BCUT2D eigenvalue weighted by molar-refractivity contribution is 5.96. The van der Waals surface area contributed by atoms with Crippen molar-refractivity contribution < 1.29 is 14.3 Å². The van der Waals surface area contributed by atoms with Gasteiger partial charge in [-0.1, -0.05) is 31.9 Å². The lowest BCUT2D eigenvalue weighted by Crippen LogP contribution is -2.41. The lowest BCUT2D eigenvalue weighted by Gasteiger charge is -2.29. The highest BCUT2D eigenvalue weighted by Crippen LogP contribution is 2.23. The third-order valence-electron chi connectivity index (χ3n) is 4.76. The maximum absolute atomic E-state index is 12.3. The van der Waals surface area contributed by atoms with Gasteiger partial charge in [-0.05, 0) is 44.2 Å². The number of para-hydroxylation sites is 1. The molecule has 1 fully saturated rings. The van der Waals surface area contributed by atoms with E-state index in [-0.39, 0.29) is 11.8 Å².